The van der Waals surface area contributed by atoms with Crippen molar-refractivity contribution in [2.24, 2.45) is 0 Å². The molecule has 1 aliphatic rings. The average Bonchev–Trinajstić information content (AvgIpc) is 3.14. The van der Waals surface area contributed by atoms with Crippen LogP contribution in [0.15, 0.2) is 46.9 Å². The number of hydrogen-bond acceptors (Lipinski definition) is 3. The zero-order valence-electron chi connectivity index (χ0n) is 12.9. The van der Waals surface area contributed by atoms with Gasteiger partial charge in [-0.3, -0.25) is 9.59 Å². The Hall–Kier alpha value is -2.82. The van der Waals surface area contributed by atoms with Crippen molar-refractivity contribution in [3.8, 4) is 0 Å². The first-order chi connectivity index (χ1) is 11.1. The van der Waals surface area contributed by atoms with Crippen LogP contribution in [0.2, 0.25) is 0 Å². The SMILES string of the molecule is Cc1ccc(/C=C/C(=O)Nc2ccc(N3CCCC3=O)cc2)o1. The zero-order valence-corrected chi connectivity index (χ0v) is 12.9. The molecule has 0 bridgehead atoms. The lowest BCUT2D eigenvalue weighted by molar-refractivity contribution is -0.117. The lowest BCUT2D eigenvalue weighted by Crippen LogP contribution is -2.23. The van der Waals surface area contributed by atoms with Gasteiger partial charge in [-0.2, -0.15) is 0 Å². The lowest BCUT2D eigenvalue weighted by Gasteiger charge is -2.15. The van der Waals surface area contributed by atoms with Crippen molar-refractivity contribution in [3.63, 3.8) is 0 Å². The predicted octanol–water partition coefficient (Wildman–Crippen LogP) is 3.37. The van der Waals surface area contributed by atoms with Gasteiger partial charge in [0.2, 0.25) is 11.8 Å². The average molecular weight is 310 g/mol. The van der Waals surface area contributed by atoms with E-state index in [0.717, 1.165) is 24.4 Å². The summed E-state index contributed by atoms with van der Waals surface area (Å²) in [5.41, 5.74) is 1.55. The first-order valence-corrected chi connectivity index (χ1v) is 7.58. The molecule has 0 spiro atoms. The van der Waals surface area contributed by atoms with Crippen LogP contribution in [0.4, 0.5) is 11.4 Å². The highest BCUT2D eigenvalue weighted by Crippen LogP contribution is 2.23. The first-order valence-electron chi connectivity index (χ1n) is 7.58. The van der Waals surface area contributed by atoms with Crippen molar-refractivity contribution in [2.75, 3.05) is 16.8 Å². The molecule has 1 N–H and O–H groups in total. The van der Waals surface area contributed by atoms with Crippen LogP contribution in [-0.2, 0) is 9.59 Å². The van der Waals surface area contributed by atoms with Crippen LogP contribution < -0.4 is 10.2 Å². The van der Waals surface area contributed by atoms with Crippen LogP contribution in [0.25, 0.3) is 6.08 Å². The molecule has 23 heavy (non-hydrogen) atoms. The second-order valence-corrected chi connectivity index (χ2v) is 5.47. The number of carbonyl (C=O) groups excluding carboxylic acids is 2. The molecule has 2 aromatic rings. The molecule has 2 amide bonds. The molecule has 2 heterocycles. The fourth-order valence-corrected chi connectivity index (χ4v) is 2.53. The van der Waals surface area contributed by atoms with Gasteiger partial charge in [-0.25, -0.2) is 0 Å². The number of benzene rings is 1. The van der Waals surface area contributed by atoms with Gasteiger partial charge in [0.15, 0.2) is 0 Å². The standard InChI is InChI=1S/C18H18N2O3/c1-13-4-9-16(23-13)10-11-17(21)19-14-5-7-15(8-6-14)20-12-2-3-18(20)22/h4-11H,2-3,12H2,1H3,(H,19,21)/b11-10+. The van der Waals surface area contributed by atoms with Gasteiger partial charge in [0.1, 0.15) is 11.5 Å². The van der Waals surface area contributed by atoms with Crippen LogP contribution >= 0.6 is 0 Å². The van der Waals surface area contributed by atoms with Gasteiger partial charge in [0.05, 0.1) is 0 Å². The quantitative estimate of drug-likeness (QED) is 0.881. The molecule has 0 aliphatic carbocycles. The maximum absolute atomic E-state index is 11.9. The molecule has 5 nitrogen and oxygen atoms in total. The number of rotatable bonds is 4. The molecule has 0 unspecified atom stereocenters. The summed E-state index contributed by atoms with van der Waals surface area (Å²) in [5, 5.41) is 2.78. The minimum atomic E-state index is -0.232. The Morgan fingerprint density at radius 1 is 1.22 bits per heavy atom. The highest BCUT2D eigenvalue weighted by Gasteiger charge is 2.21. The summed E-state index contributed by atoms with van der Waals surface area (Å²) >= 11 is 0. The van der Waals surface area contributed by atoms with Crippen LogP contribution in [0.5, 0.6) is 0 Å². The van der Waals surface area contributed by atoms with Gasteiger partial charge in [0, 0.05) is 30.4 Å². The topological polar surface area (TPSA) is 62.6 Å². The second-order valence-electron chi connectivity index (χ2n) is 5.47. The van der Waals surface area contributed by atoms with E-state index in [4.69, 9.17) is 4.42 Å². The molecule has 1 aromatic heterocycles. The number of aryl methyl sites for hydroxylation is 1. The van der Waals surface area contributed by atoms with Gasteiger partial charge in [-0.05, 0) is 55.8 Å². The Labute approximate surface area is 134 Å². The highest BCUT2D eigenvalue weighted by atomic mass is 16.3. The van der Waals surface area contributed by atoms with Crippen LogP contribution in [0.1, 0.15) is 24.4 Å². The van der Waals surface area contributed by atoms with Crippen molar-refractivity contribution < 1.29 is 14.0 Å². The smallest absolute Gasteiger partial charge is 0.248 e. The molecule has 1 aliphatic heterocycles. The first kappa shape index (κ1) is 15.1. The third-order valence-corrected chi connectivity index (χ3v) is 3.68. The van der Waals surface area contributed by atoms with E-state index in [1.807, 2.05) is 25.1 Å². The Morgan fingerprint density at radius 3 is 2.61 bits per heavy atom. The molecule has 1 saturated heterocycles. The normalized spacial score (nSPS) is 14.7. The van der Waals surface area contributed by atoms with Gasteiger partial charge >= 0.3 is 0 Å². The Morgan fingerprint density at radius 2 is 2.00 bits per heavy atom. The third-order valence-electron chi connectivity index (χ3n) is 3.68. The summed E-state index contributed by atoms with van der Waals surface area (Å²) in [4.78, 5) is 25.3. The summed E-state index contributed by atoms with van der Waals surface area (Å²) in [6, 6.07) is 10.9. The lowest BCUT2D eigenvalue weighted by atomic mass is 10.2. The van der Waals surface area contributed by atoms with Crippen LogP contribution in [0.3, 0.4) is 0 Å². The number of furan rings is 1. The zero-order chi connectivity index (χ0) is 16.2. The van der Waals surface area contributed by atoms with Crippen molar-refractivity contribution in [1.29, 1.82) is 0 Å². The minimum Gasteiger partial charge on any atom is -0.462 e. The summed E-state index contributed by atoms with van der Waals surface area (Å²) < 4.78 is 5.36. The monoisotopic (exact) mass is 310 g/mol. The fraction of sp³-hybridized carbons (Fsp3) is 0.222. The number of nitrogens with one attached hydrogen (secondary N) is 1. The fourth-order valence-electron chi connectivity index (χ4n) is 2.53. The van der Waals surface area contributed by atoms with E-state index in [2.05, 4.69) is 5.32 Å². The highest BCUT2D eigenvalue weighted by molar-refractivity contribution is 6.02. The van der Waals surface area contributed by atoms with E-state index in [1.165, 1.54) is 6.08 Å². The number of nitrogens with zero attached hydrogens (tertiary/aromatic N) is 1. The molecule has 5 heteroatoms. The van der Waals surface area contributed by atoms with E-state index >= 15 is 0 Å². The summed E-state index contributed by atoms with van der Waals surface area (Å²) in [6.45, 7) is 2.61. The van der Waals surface area contributed by atoms with Crippen molar-refractivity contribution in [3.05, 3.63) is 54.0 Å². The molecule has 0 radical (unpaired) electrons. The summed E-state index contributed by atoms with van der Waals surface area (Å²) in [5.74, 6) is 1.36. The number of anilines is 2. The predicted molar refractivity (Wildman–Crippen MR) is 89.1 cm³/mol. The van der Waals surface area contributed by atoms with Crippen LogP contribution in [-0.4, -0.2) is 18.4 Å². The van der Waals surface area contributed by atoms with E-state index in [1.54, 1.807) is 29.2 Å². The number of hydrogen-bond donors (Lipinski definition) is 1. The third kappa shape index (κ3) is 3.69. The van der Waals surface area contributed by atoms with Gasteiger partial charge in [-0.1, -0.05) is 0 Å². The molecule has 1 fully saturated rings. The molecular formula is C18H18N2O3. The summed E-state index contributed by atoms with van der Waals surface area (Å²) in [7, 11) is 0. The number of amides is 2. The van der Waals surface area contributed by atoms with Crippen LogP contribution in [0, 0.1) is 6.92 Å². The second kappa shape index (κ2) is 6.52. The van der Waals surface area contributed by atoms with E-state index < -0.39 is 0 Å². The maximum Gasteiger partial charge on any atom is 0.248 e. The molecule has 118 valence electrons. The van der Waals surface area contributed by atoms with Crippen molar-refractivity contribution in [1.82, 2.24) is 0 Å². The maximum atomic E-state index is 11.9. The molecule has 3 rings (SSSR count). The largest absolute Gasteiger partial charge is 0.462 e. The minimum absolute atomic E-state index is 0.151. The Balaban J connectivity index is 1.60. The molecule has 0 saturated carbocycles. The van der Waals surface area contributed by atoms with E-state index in [-0.39, 0.29) is 11.8 Å². The van der Waals surface area contributed by atoms with Crippen molar-refractivity contribution >= 4 is 29.3 Å². The van der Waals surface area contributed by atoms with Gasteiger partial charge in [0.25, 0.3) is 0 Å². The molecule has 1 aromatic carbocycles. The van der Waals surface area contributed by atoms with E-state index in [0.29, 0.717) is 17.9 Å². The Bertz CT molecular complexity index is 744. The molecular weight excluding hydrogens is 292 g/mol. The van der Waals surface area contributed by atoms with Gasteiger partial charge in [-0.15, -0.1) is 0 Å². The summed E-state index contributed by atoms with van der Waals surface area (Å²) in [6.07, 6.45) is 4.56. The van der Waals surface area contributed by atoms with E-state index in [9.17, 15) is 9.59 Å². The Kier molecular flexibility index (Phi) is 4.28. The number of carbonyl (C=O) groups is 2. The molecule has 0 atom stereocenters. The van der Waals surface area contributed by atoms with Gasteiger partial charge < -0.3 is 14.6 Å². The van der Waals surface area contributed by atoms with Crippen molar-refractivity contribution in [2.45, 2.75) is 19.8 Å².